The molecule has 1 aliphatic rings. The van der Waals surface area contributed by atoms with Gasteiger partial charge in [-0.25, -0.2) is 0 Å². The largest absolute Gasteiger partial charge is 0.375 e. The molecule has 1 heterocycles. The summed E-state index contributed by atoms with van der Waals surface area (Å²) in [7, 11) is 0. The summed E-state index contributed by atoms with van der Waals surface area (Å²) >= 11 is 8.18. The van der Waals surface area contributed by atoms with Crippen LogP contribution in [0, 0.1) is 6.08 Å². The Morgan fingerprint density at radius 2 is 1.94 bits per heavy atom. The van der Waals surface area contributed by atoms with E-state index in [9.17, 15) is 0 Å². The van der Waals surface area contributed by atoms with Gasteiger partial charge in [-0.3, -0.25) is 0 Å². The molecule has 2 rings (SSSR count). The third kappa shape index (κ3) is 3.47. The van der Waals surface area contributed by atoms with E-state index in [1.165, 1.54) is 0 Å². The Balaban J connectivity index is 0.00000162. The summed E-state index contributed by atoms with van der Waals surface area (Å²) in [6, 6.07) is 7.80. The number of nitrogens with zero attached hydrogens (tertiary/aromatic N) is 1. The van der Waals surface area contributed by atoms with Gasteiger partial charge in [0.2, 0.25) is 0 Å². The van der Waals surface area contributed by atoms with Crippen LogP contribution >= 0.6 is 34.2 Å². The van der Waals surface area contributed by atoms with Crippen LogP contribution in [0.1, 0.15) is 12.5 Å². The second-order valence-electron chi connectivity index (χ2n) is 3.68. The molecule has 1 aliphatic heterocycles. The SMILES string of the molecule is C=C1C(I)=C[C-]=C(c2ccc(Cl)cc2)N1CC.[Y]. The molecule has 1 radical (unpaired) electrons. The molecule has 0 aliphatic carbocycles. The van der Waals surface area contributed by atoms with Gasteiger partial charge in [-0.15, -0.1) is 34.7 Å². The Kier molecular flexibility index (Phi) is 6.59. The molecule has 0 unspecified atom stereocenters. The minimum absolute atomic E-state index is 0. The molecule has 91 valence electrons. The van der Waals surface area contributed by atoms with Gasteiger partial charge in [-0.2, -0.15) is 12.2 Å². The number of rotatable bonds is 2. The van der Waals surface area contributed by atoms with Crippen LogP contribution in [0.4, 0.5) is 0 Å². The quantitative estimate of drug-likeness (QED) is 0.473. The molecular formula is C14H12ClINY-. The van der Waals surface area contributed by atoms with Crippen molar-refractivity contribution in [1.29, 1.82) is 0 Å². The summed E-state index contributed by atoms with van der Waals surface area (Å²) < 4.78 is 1.13. The maximum Gasteiger partial charge on any atom is 0.0385 e. The van der Waals surface area contributed by atoms with Crippen LogP contribution in [0.25, 0.3) is 5.70 Å². The van der Waals surface area contributed by atoms with Gasteiger partial charge in [0.1, 0.15) is 0 Å². The Morgan fingerprint density at radius 1 is 1.33 bits per heavy atom. The van der Waals surface area contributed by atoms with E-state index in [-0.39, 0.29) is 32.7 Å². The van der Waals surface area contributed by atoms with E-state index in [0.717, 1.165) is 32.1 Å². The molecule has 0 saturated carbocycles. The molecule has 4 heteroatoms. The van der Waals surface area contributed by atoms with Crippen molar-refractivity contribution >= 4 is 39.9 Å². The summed E-state index contributed by atoms with van der Waals surface area (Å²) in [5.74, 6) is 0. The number of benzene rings is 1. The summed E-state index contributed by atoms with van der Waals surface area (Å²) in [4.78, 5) is 2.16. The van der Waals surface area contributed by atoms with Crippen molar-refractivity contribution in [3.63, 3.8) is 0 Å². The average molecular weight is 446 g/mol. The summed E-state index contributed by atoms with van der Waals surface area (Å²) in [5.41, 5.74) is 3.18. The molecule has 0 saturated heterocycles. The van der Waals surface area contributed by atoms with Crippen molar-refractivity contribution in [1.82, 2.24) is 4.90 Å². The second-order valence-corrected chi connectivity index (χ2v) is 5.28. The smallest absolute Gasteiger partial charge is 0.0385 e. The van der Waals surface area contributed by atoms with E-state index in [0.29, 0.717) is 0 Å². The minimum atomic E-state index is 0. The van der Waals surface area contributed by atoms with Crippen molar-refractivity contribution < 1.29 is 32.7 Å². The van der Waals surface area contributed by atoms with Crippen LogP contribution in [0.2, 0.25) is 5.02 Å². The van der Waals surface area contributed by atoms with Gasteiger partial charge in [-0.05, 0) is 12.6 Å². The van der Waals surface area contributed by atoms with Crippen molar-refractivity contribution in [3.8, 4) is 0 Å². The first-order valence-corrected chi connectivity index (χ1v) is 6.81. The van der Waals surface area contributed by atoms with E-state index in [1.807, 2.05) is 30.3 Å². The topological polar surface area (TPSA) is 3.24 Å². The Bertz CT molecular complexity index is 505. The van der Waals surface area contributed by atoms with Crippen LogP contribution in [-0.4, -0.2) is 11.4 Å². The monoisotopic (exact) mass is 445 g/mol. The van der Waals surface area contributed by atoms with Gasteiger partial charge in [0.15, 0.2) is 0 Å². The zero-order valence-electron chi connectivity index (χ0n) is 10.1. The van der Waals surface area contributed by atoms with Crippen molar-refractivity contribution in [3.05, 3.63) is 62.9 Å². The first kappa shape index (κ1) is 16.4. The minimum Gasteiger partial charge on any atom is -0.375 e. The average Bonchev–Trinajstić information content (AvgIpc) is 2.34. The molecule has 0 aromatic heterocycles. The molecule has 0 amide bonds. The molecular weight excluding hydrogens is 433 g/mol. The number of hydrogen-bond acceptors (Lipinski definition) is 1. The number of allylic oxidation sites excluding steroid dienone is 3. The zero-order chi connectivity index (χ0) is 12.4. The Hall–Kier alpha value is 0.364. The molecule has 1 aromatic carbocycles. The van der Waals surface area contributed by atoms with E-state index in [1.54, 1.807) is 0 Å². The summed E-state index contributed by atoms with van der Waals surface area (Å²) in [5, 5.41) is 0.747. The first-order valence-electron chi connectivity index (χ1n) is 5.35. The molecule has 0 atom stereocenters. The molecule has 0 fully saturated rings. The van der Waals surface area contributed by atoms with Gasteiger partial charge in [0.25, 0.3) is 0 Å². The van der Waals surface area contributed by atoms with Gasteiger partial charge >= 0.3 is 0 Å². The van der Waals surface area contributed by atoms with Crippen molar-refractivity contribution in [2.45, 2.75) is 6.92 Å². The zero-order valence-corrected chi connectivity index (χ0v) is 15.8. The molecule has 1 nitrogen and oxygen atoms in total. The fraction of sp³-hybridized carbons (Fsp3) is 0.143. The molecule has 0 bridgehead atoms. The standard InChI is InChI=1S/C14H12ClIN.Y/c1-3-17-10(2)13(16)8-9-14(17)11-4-6-12(15)7-5-11;/h4-8H,2-3H2,1H3;/q-1;. The predicted octanol–water partition coefficient (Wildman–Crippen LogP) is 4.65. The van der Waals surface area contributed by atoms with E-state index >= 15 is 0 Å². The summed E-state index contributed by atoms with van der Waals surface area (Å²) in [6.45, 7) is 7.09. The Morgan fingerprint density at radius 3 is 2.50 bits per heavy atom. The van der Waals surface area contributed by atoms with Gasteiger partial charge in [0, 0.05) is 44.3 Å². The van der Waals surface area contributed by atoms with Crippen LogP contribution in [0.3, 0.4) is 0 Å². The maximum atomic E-state index is 5.90. The number of hydrogen-bond donors (Lipinski definition) is 0. The van der Waals surface area contributed by atoms with Gasteiger partial charge in [-0.1, -0.05) is 45.2 Å². The fourth-order valence-electron chi connectivity index (χ4n) is 1.75. The molecule has 0 N–H and O–H groups in total. The molecule has 1 aromatic rings. The Labute approximate surface area is 152 Å². The van der Waals surface area contributed by atoms with Crippen molar-refractivity contribution in [2.75, 3.05) is 6.54 Å². The second kappa shape index (κ2) is 7.23. The van der Waals surface area contributed by atoms with Gasteiger partial charge < -0.3 is 4.90 Å². The molecule has 18 heavy (non-hydrogen) atoms. The third-order valence-electron chi connectivity index (χ3n) is 2.64. The fourth-order valence-corrected chi connectivity index (χ4v) is 2.33. The number of likely N-dealkylation sites (N-methyl/N-ethyl adjacent to an activating group) is 1. The van der Waals surface area contributed by atoms with E-state index in [4.69, 9.17) is 11.6 Å². The van der Waals surface area contributed by atoms with Crippen LogP contribution in [-0.2, 0) is 32.7 Å². The van der Waals surface area contributed by atoms with Crippen molar-refractivity contribution in [2.24, 2.45) is 0 Å². The van der Waals surface area contributed by atoms with E-state index < -0.39 is 0 Å². The molecule has 0 spiro atoms. The van der Waals surface area contributed by atoms with Crippen LogP contribution < -0.4 is 0 Å². The van der Waals surface area contributed by atoms with Gasteiger partial charge in [0.05, 0.1) is 0 Å². The first-order chi connectivity index (χ1) is 8.13. The third-order valence-corrected chi connectivity index (χ3v) is 3.83. The van der Waals surface area contributed by atoms with Crippen LogP contribution in [0.5, 0.6) is 0 Å². The summed E-state index contributed by atoms with van der Waals surface area (Å²) in [6.07, 6.45) is 5.28. The number of halogens is 2. The van der Waals surface area contributed by atoms with Crippen LogP contribution in [0.15, 0.2) is 46.2 Å². The van der Waals surface area contributed by atoms with E-state index in [2.05, 4.69) is 47.1 Å². The normalized spacial score (nSPS) is 14.8. The maximum absolute atomic E-state index is 5.90. The predicted molar refractivity (Wildman–Crippen MR) is 81.7 cm³/mol.